The Morgan fingerprint density at radius 2 is 1.77 bits per heavy atom. The molecule has 0 heterocycles. The Morgan fingerprint density at radius 3 is 2.31 bits per heavy atom. The van der Waals surface area contributed by atoms with Crippen molar-refractivity contribution in [2.75, 3.05) is 37.9 Å². The van der Waals surface area contributed by atoms with Crippen molar-refractivity contribution in [1.82, 2.24) is 10.2 Å². The Kier molecular flexibility index (Phi) is 9.94. The fourth-order valence-corrected chi connectivity index (χ4v) is 4.65. The number of carbonyl (C=O) groups excluding carboxylic acids is 2. The van der Waals surface area contributed by atoms with E-state index in [0.29, 0.717) is 18.7 Å². The summed E-state index contributed by atoms with van der Waals surface area (Å²) in [5.41, 5.74) is 2.02. The zero-order chi connectivity index (χ0) is 26.2. The molecule has 10 heteroatoms. The molecule has 9 nitrogen and oxygen atoms in total. The molecule has 1 unspecified atom stereocenters. The summed E-state index contributed by atoms with van der Waals surface area (Å²) in [6.45, 7) is 5.62. The molecular weight excluding hydrogens is 470 g/mol. The van der Waals surface area contributed by atoms with Crippen LogP contribution < -0.4 is 19.1 Å². The van der Waals surface area contributed by atoms with Crippen molar-refractivity contribution in [2.24, 2.45) is 0 Å². The molecule has 0 aliphatic heterocycles. The average molecular weight is 506 g/mol. The highest BCUT2D eigenvalue weighted by molar-refractivity contribution is 7.92. The second-order valence-electron chi connectivity index (χ2n) is 8.14. The number of nitrogens with one attached hydrogen (secondary N) is 1. The summed E-state index contributed by atoms with van der Waals surface area (Å²) in [4.78, 5) is 28.0. The number of aryl methyl sites for hydroxylation is 1. The number of carbonyl (C=O) groups is 2. The number of rotatable bonds is 12. The second-order valence-corrected chi connectivity index (χ2v) is 10.0. The highest BCUT2D eigenvalue weighted by Gasteiger charge is 2.32. The van der Waals surface area contributed by atoms with Crippen LogP contribution in [0.1, 0.15) is 31.4 Å². The summed E-state index contributed by atoms with van der Waals surface area (Å²) >= 11 is 0. The molecule has 0 radical (unpaired) electrons. The minimum atomic E-state index is -3.90. The number of anilines is 1. The van der Waals surface area contributed by atoms with E-state index in [2.05, 4.69) is 5.32 Å². The lowest BCUT2D eigenvalue weighted by molar-refractivity contribution is -0.140. The van der Waals surface area contributed by atoms with Crippen LogP contribution in [0.3, 0.4) is 0 Å². The number of ether oxygens (including phenoxy) is 2. The van der Waals surface area contributed by atoms with E-state index in [0.717, 1.165) is 21.7 Å². The van der Waals surface area contributed by atoms with Crippen LogP contribution in [-0.2, 0) is 26.2 Å². The van der Waals surface area contributed by atoms with Gasteiger partial charge in [0.1, 0.15) is 24.1 Å². The normalized spacial score (nSPS) is 11.9. The second kappa shape index (κ2) is 12.4. The number of benzene rings is 2. The van der Waals surface area contributed by atoms with Crippen LogP contribution in [0.25, 0.3) is 0 Å². The Bertz CT molecular complexity index is 1140. The van der Waals surface area contributed by atoms with Gasteiger partial charge in [0.2, 0.25) is 21.8 Å². The molecule has 1 N–H and O–H groups in total. The fraction of sp³-hybridized carbons (Fsp3) is 0.440. The van der Waals surface area contributed by atoms with Gasteiger partial charge in [0.05, 0.1) is 26.2 Å². The van der Waals surface area contributed by atoms with Crippen molar-refractivity contribution in [1.29, 1.82) is 0 Å². The van der Waals surface area contributed by atoms with Gasteiger partial charge in [0.15, 0.2) is 0 Å². The lowest BCUT2D eigenvalue weighted by Crippen LogP contribution is -2.52. The molecule has 0 saturated heterocycles. The molecule has 2 amide bonds. The van der Waals surface area contributed by atoms with Crippen molar-refractivity contribution in [2.45, 2.75) is 39.8 Å². The first-order valence-corrected chi connectivity index (χ1v) is 13.2. The topological polar surface area (TPSA) is 105 Å². The molecule has 0 saturated carbocycles. The fourth-order valence-electron chi connectivity index (χ4n) is 3.81. The third-order valence-electron chi connectivity index (χ3n) is 5.51. The largest absolute Gasteiger partial charge is 0.497 e. The van der Waals surface area contributed by atoms with Crippen LogP contribution >= 0.6 is 0 Å². The minimum Gasteiger partial charge on any atom is -0.497 e. The zero-order valence-corrected chi connectivity index (χ0v) is 22.0. The highest BCUT2D eigenvalue weighted by atomic mass is 32.2. The number of hydrogen-bond donors (Lipinski definition) is 1. The summed E-state index contributed by atoms with van der Waals surface area (Å²) < 4.78 is 37.2. The van der Waals surface area contributed by atoms with Gasteiger partial charge in [0.25, 0.3) is 0 Å². The van der Waals surface area contributed by atoms with Crippen LogP contribution in [0.15, 0.2) is 42.5 Å². The van der Waals surface area contributed by atoms with E-state index in [1.54, 1.807) is 19.1 Å². The molecule has 0 bridgehead atoms. The lowest BCUT2D eigenvalue weighted by atomic mass is 10.1. The van der Waals surface area contributed by atoms with Gasteiger partial charge in [-0.1, -0.05) is 36.8 Å². The summed E-state index contributed by atoms with van der Waals surface area (Å²) in [5, 5.41) is 2.78. The number of likely N-dealkylation sites (N-methyl/N-ethyl adjacent to an activating group) is 1. The van der Waals surface area contributed by atoms with E-state index < -0.39 is 28.5 Å². The molecule has 1 atom stereocenters. The molecular formula is C25H35N3O6S. The number of methoxy groups -OCH3 is 2. The predicted molar refractivity (Wildman–Crippen MR) is 136 cm³/mol. The third-order valence-corrected chi connectivity index (χ3v) is 6.63. The maximum atomic E-state index is 13.7. The highest BCUT2D eigenvalue weighted by Crippen LogP contribution is 2.34. The number of sulfonamides is 1. The summed E-state index contributed by atoms with van der Waals surface area (Å²) in [7, 11) is -1.02. The van der Waals surface area contributed by atoms with E-state index in [1.165, 1.54) is 25.2 Å². The molecule has 0 aliphatic rings. The first kappa shape index (κ1) is 28.0. The van der Waals surface area contributed by atoms with Crippen molar-refractivity contribution in [3.8, 4) is 11.5 Å². The van der Waals surface area contributed by atoms with Gasteiger partial charge in [-0.3, -0.25) is 13.9 Å². The van der Waals surface area contributed by atoms with E-state index >= 15 is 0 Å². The molecule has 0 aliphatic carbocycles. The predicted octanol–water partition coefficient (Wildman–Crippen LogP) is 2.72. The first-order valence-electron chi connectivity index (χ1n) is 11.4. The lowest BCUT2D eigenvalue weighted by Gasteiger charge is -2.33. The Morgan fingerprint density at radius 1 is 1.06 bits per heavy atom. The van der Waals surface area contributed by atoms with Crippen molar-refractivity contribution < 1.29 is 27.5 Å². The zero-order valence-electron chi connectivity index (χ0n) is 21.2. The van der Waals surface area contributed by atoms with Gasteiger partial charge in [-0.2, -0.15) is 0 Å². The van der Waals surface area contributed by atoms with Crippen LogP contribution in [0, 0.1) is 6.92 Å². The van der Waals surface area contributed by atoms with E-state index in [4.69, 9.17) is 9.47 Å². The smallest absolute Gasteiger partial charge is 0.244 e. The number of hydrogen-bond acceptors (Lipinski definition) is 6. The van der Waals surface area contributed by atoms with Crippen LogP contribution in [-0.4, -0.2) is 64.7 Å². The molecule has 192 valence electrons. The summed E-state index contributed by atoms with van der Waals surface area (Å²) in [5.74, 6) is -0.127. The molecule has 2 rings (SSSR count). The molecule has 0 fully saturated rings. The maximum Gasteiger partial charge on any atom is 0.244 e. The standard InChI is InChI=1S/C25H35N3O6S/c1-7-21(25(30)26-8-2)27(16-19-11-9-10-18(3)14-19)24(29)17-28(35(6,31)32)22-15-20(33-4)12-13-23(22)34-5/h9-15,21H,7-8,16-17H2,1-6H3,(H,26,30). The monoisotopic (exact) mass is 505 g/mol. The van der Waals surface area contributed by atoms with E-state index in [1.807, 2.05) is 38.1 Å². The SMILES string of the molecule is CCNC(=O)C(CC)N(Cc1cccc(C)c1)C(=O)CN(c1cc(OC)ccc1OC)S(C)(=O)=O. The van der Waals surface area contributed by atoms with Gasteiger partial charge < -0.3 is 19.7 Å². The van der Waals surface area contributed by atoms with Gasteiger partial charge in [-0.25, -0.2) is 8.42 Å². The quantitative estimate of drug-likeness (QED) is 0.476. The molecule has 0 spiro atoms. The van der Waals surface area contributed by atoms with Gasteiger partial charge in [0, 0.05) is 19.2 Å². The van der Waals surface area contributed by atoms with Crippen LogP contribution in [0.2, 0.25) is 0 Å². The van der Waals surface area contributed by atoms with Gasteiger partial charge >= 0.3 is 0 Å². The molecule has 2 aromatic carbocycles. The van der Waals surface area contributed by atoms with Gasteiger partial charge in [-0.15, -0.1) is 0 Å². The maximum absolute atomic E-state index is 13.7. The van der Waals surface area contributed by atoms with Crippen LogP contribution in [0.4, 0.5) is 5.69 Å². The van der Waals surface area contributed by atoms with Crippen LogP contribution in [0.5, 0.6) is 11.5 Å². The Labute approximate surface area is 208 Å². The number of nitrogens with zero attached hydrogens (tertiary/aromatic N) is 2. The minimum absolute atomic E-state index is 0.156. The summed E-state index contributed by atoms with van der Waals surface area (Å²) in [6.07, 6.45) is 1.38. The molecule has 35 heavy (non-hydrogen) atoms. The van der Waals surface area contributed by atoms with Crippen molar-refractivity contribution in [3.63, 3.8) is 0 Å². The van der Waals surface area contributed by atoms with Crippen molar-refractivity contribution >= 4 is 27.5 Å². The summed E-state index contributed by atoms with van der Waals surface area (Å²) in [6, 6.07) is 11.6. The average Bonchev–Trinajstić information content (AvgIpc) is 2.81. The van der Waals surface area contributed by atoms with E-state index in [-0.39, 0.29) is 23.9 Å². The van der Waals surface area contributed by atoms with Gasteiger partial charge in [-0.05, 0) is 38.0 Å². The Balaban J connectivity index is 2.52. The number of amides is 2. The van der Waals surface area contributed by atoms with E-state index in [9.17, 15) is 18.0 Å². The molecule has 0 aromatic heterocycles. The van der Waals surface area contributed by atoms with Crippen molar-refractivity contribution in [3.05, 3.63) is 53.6 Å². The third kappa shape index (κ3) is 7.35. The molecule has 2 aromatic rings. The first-order chi connectivity index (χ1) is 16.5. The Hall–Kier alpha value is -3.27.